The summed E-state index contributed by atoms with van der Waals surface area (Å²) in [6, 6.07) is 10.0. The number of ether oxygens (including phenoxy) is 3. The SMILES string of the molecule is COC(=O)[C@@H]1CS[C@@]2(C(=O)N(Cc3ccc(OC)cc3)[C@H]2c2cccs2)N1C(=O)OC(C)(C)C. The van der Waals surface area contributed by atoms with E-state index in [1.165, 1.54) is 35.1 Å². The number of amides is 2. The molecule has 182 valence electrons. The molecule has 0 bridgehead atoms. The van der Waals surface area contributed by atoms with E-state index in [0.717, 1.165) is 16.2 Å². The molecule has 1 spiro atoms. The number of carbonyl (C=O) groups excluding carboxylic acids is 3. The van der Waals surface area contributed by atoms with Gasteiger partial charge in [0.25, 0.3) is 5.91 Å². The molecule has 0 N–H and O–H groups in total. The summed E-state index contributed by atoms with van der Waals surface area (Å²) in [5.41, 5.74) is 0.141. The molecule has 10 heteroatoms. The Labute approximate surface area is 207 Å². The predicted octanol–water partition coefficient (Wildman–Crippen LogP) is 4.06. The second-order valence-corrected chi connectivity index (χ2v) is 11.3. The largest absolute Gasteiger partial charge is 0.497 e. The molecule has 2 fully saturated rings. The van der Waals surface area contributed by atoms with Crippen LogP contribution in [-0.4, -0.2) is 64.3 Å². The van der Waals surface area contributed by atoms with E-state index in [2.05, 4.69) is 0 Å². The molecule has 0 radical (unpaired) electrons. The highest BCUT2D eigenvalue weighted by molar-refractivity contribution is 8.01. The molecule has 1 aromatic heterocycles. The fraction of sp³-hybridized carbons (Fsp3) is 0.458. The van der Waals surface area contributed by atoms with Crippen LogP contribution >= 0.6 is 23.1 Å². The van der Waals surface area contributed by atoms with Gasteiger partial charge in [0.05, 0.1) is 14.2 Å². The van der Waals surface area contributed by atoms with Crippen molar-refractivity contribution in [3.63, 3.8) is 0 Å². The lowest BCUT2D eigenvalue weighted by Gasteiger charge is -2.56. The van der Waals surface area contributed by atoms with Crippen LogP contribution in [0.15, 0.2) is 41.8 Å². The number of nitrogens with zero attached hydrogens (tertiary/aromatic N) is 2. The number of likely N-dealkylation sites (tertiary alicyclic amines) is 1. The Morgan fingerprint density at radius 2 is 1.85 bits per heavy atom. The Morgan fingerprint density at radius 1 is 1.15 bits per heavy atom. The number of thioether (sulfide) groups is 1. The number of hydrogen-bond acceptors (Lipinski definition) is 8. The maximum Gasteiger partial charge on any atom is 0.412 e. The molecule has 4 rings (SSSR count). The molecular weight excluding hydrogens is 476 g/mol. The summed E-state index contributed by atoms with van der Waals surface area (Å²) in [7, 11) is 2.88. The van der Waals surface area contributed by atoms with E-state index in [1.54, 1.807) is 32.8 Å². The van der Waals surface area contributed by atoms with Gasteiger partial charge in [-0.1, -0.05) is 18.2 Å². The van der Waals surface area contributed by atoms with Crippen LogP contribution in [0.1, 0.15) is 37.3 Å². The lowest BCUT2D eigenvalue weighted by atomic mass is 9.89. The Bertz CT molecular complexity index is 1070. The van der Waals surface area contributed by atoms with Crippen molar-refractivity contribution in [2.45, 2.75) is 49.9 Å². The maximum absolute atomic E-state index is 13.8. The van der Waals surface area contributed by atoms with E-state index in [9.17, 15) is 14.4 Å². The van der Waals surface area contributed by atoms with E-state index in [1.807, 2.05) is 41.8 Å². The van der Waals surface area contributed by atoms with Gasteiger partial charge >= 0.3 is 12.1 Å². The fourth-order valence-electron chi connectivity index (χ4n) is 4.31. The van der Waals surface area contributed by atoms with Crippen LogP contribution in [-0.2, 0) is 25.6 Å². The topological polar surface area (TPSA) is 85.4 Å². The molecule has 2 amide bonds. The molecule has 0 saturated carbocycles. The number of carbonyl (C=O) groups is 3. The Morgan fingerprint density at radius 3 is 2.41 bits per heavy atom. The molecule has 1 aromatic carbocycles. The van der Waals surface area contributed by atoms with Gasteiger partial charge in [0.15, 0.2) is 4.87 Å². The number of esters is 1. The number of benzene rings is 1. The molecule has 0 unspecified atom stereocenters. The smallest absolute Gasteiger partial charge is 0.412 e. The van der Waals surface area contributed by atoms with Gasteiger partial charge in [0, 0.05) is 17.2 Å². The van der Waals surface area contributed by atoms with E-state index < -0.39 is 34.6 Å². The summed E-state index contributed by atoms with van der Waals surface area (Å²) in [5, 5.41) is 1.94. The molecule has 34 heavy (non-hydrogen) atoms. The van der Waals surface area contributed by atoms with E-state index in [-0.39, 0.29) is 11.7 Å². The first kappa shape index (κ1) is 24.4. The van der Waals surface area contributed by atoms with Crippen LogP contribution in [0.5, 0.6) is 5.75 Å². The first-order valence-electron chi connectivity index (χ1n) is 10.8. The van der Waals surface area contributed by atoms with Gasteiger partial charge in [-0.15, -0.1) is 23.1 Å². The Balaban J connectivity index is 1.73. The Hall–Kier alpha value is -2.72. The van der Waals surface area contributed by atoms with Crippen LogP contribution in [0.2, 0.25) is 0 Å². The van der Waals surface area contributed by atoms with Crippen LogP contribution in [0.4, 0.5) is 4.79 Å². The monoisotopic (exact) mass is 504 g/mol. The highest BCUT2D eigenvalue weighted by Gasteiger charge is 2.72. The molecule has 2 aromatic rings. The van der Waals surface area contributed by atoms with Crippen molar-refractivity contribution in [3.8, 4) is 5.75 Å². The number of thiophene rings is 1. The first-order valence-corrected chi connectivity index (χ1v) is 12.7. The van der Waals surface area contributed by atoms with Crippen LogP contribution in [0, 0.1) is 0 Å². The zero-order valence-electron chi connectivity index (χ0n) is 19.8. The van der Waals surface area contributed by atoms with Crippen LogP contribution in [0.3, 0.4) is 0 Å². The van der Waals surface area contributed by atoms with Crippen molar-refractivity contribution in [3.05, 3.63) is 52.2 Å². The average Bonchev–Trinajstić information content (AvgIpc) is 3.47. The molecule has 8 nitrogen and oxygen atoms in total. The molecular formula is C24H28N2O6S2. The zero-order valence-corrected chi connectivity index (χ0v) is 21.4. The number of methoxy groups -OCH3 is 2. The summed E-state index contributed by atoms with van der Waals surface area (Å²) in [6.07, 6.45) is -0.702. The molecule has 2 aliphatic rings. The normalized spacial score (nSPS) is 24.2. The first-order chi connectivity index (χ1) is 16.1. The average molecular weight is 505 g/mol. The van der Waals surface area contributed by atoms with Crippen molar-refractivity contribution in [2.24, 2.45) is 0 Å². The summed E-state index contributed by atoms with van der Waals surface area (Å²) < 4.78 is 15.9. The van der Waals surface area contributed by atoms with Crippen LogP contribution in [0.25, 0.3) is 0 Å². The summed E-state index contributed by atoms with van der Waals surface area (Å²) in [6.45, 7) is 5.62. The summed E-state index contributed by atoms with van der Waals surface area (Å²) in [4.78, 5) is 42.6. The standard InChI is InChI=1S/C24H28N2O6S2/c1-23(2,3)32-22(29)26-17(20(27)31-5)14-34-24(26)19(18-7-6-12-33-18)25(21(24)28)13-15-8-10-16(30-4)11-9-15/h6-12,17,19H,13-14H2,1-5H3/t17-,19-,24-/m0/s1. The van der Waals surface area contributed by atoms with E-state index >= 15 is 0 Å². The lowest BCUT2D eigenvalue weighted by molar-refractivity contribution is -0.169. The van der Waals surface area contributed by atoms with Gasteiger partial charge in [-0.25, -0.2) is 9.59 Å². The molecule has 2 aliphatic heterocycles. The summed E-state index contributed by atoms with van der Waals surface area (Å²) in [5.74, 6) is 0.175. The summed E-state index contributed by atoms with van der Waals surface area (Å²) >= 11 is 2.81. The molecule has 3 atom stereocenters. The maximum atomic E-state index is 13.8. The van der Waals surface area contributed by atoms with Crippen molar-refractivity contribution >= 4 is 41.1 Å². The second-order valence-electron chi connectivity index (χ2n) is 9.10. The van der Waals surface area contributed by atoms with Gasteiger partial charge in [-0.2, -0.15) is 0 Å². The third kappa shape index (κ3) is 4.13. The van der Waals surface area contributed by atoms with Gasteiger partial charge < -0.3 is 19.1 Å². The quantitative estimate of drug-likeness (QED) is 0.448. The van der Waals surface area contributed by atoms with Gasteiger partial charge in [0.2, 0.25) is 0 Å². The number of hydrogen-bond donors (Lipinski definition) is 0. The minimum atomic E-state index is -1.28. The third-order valence-electron chi connectivity index (χ3n) is 5.77. The minimum Gasteiger partial charge on any atom is -0.497 e. The molecule has 2 saturated heterocycles. The van der Waals surface area contributed by atoms with Crippen molar-refractivity contribution in [1.82, 2.24) is 9.80 Å². The van der Waals surface area contributed by atoms with Crippen molar-refractivity contribution in [2.75, 3.05) is 20.0 Å². The highest BCUT2D eigenvalue weighted by Crippen LogP contribution is 2.59. The number of rotatable bonds is 5. The fourth-order valence-corrected chi connectivity index (χ4v) is 6.97. The van der Waals surface area contributed by atoms with Gasteiger partial charge in [-0.05, 0) is 49.9 Å². The lowest BCUT2D eigenvalue weighted by Crippen LogP contribution is -2.73. The van der Waals surface area contributed by atoms with Crippen LogP contribution < -0.4 is 4.74 Å². The molecule has 0 aliphatic carbocycles. The van der Waals surface area contributed by atoms with Gasteiger partial charge in [-0.3, -0.25) is 9.69 Å². The number of β-lactam (4-membered cyclic amide) rings is 1. The van der Waals surface area contributed by atoms with Gasteiger partial charge in [0.1, 0.15) is 23.4 Å². The van der Waals surface area contributed by atoms with E-state index in [0.29, 0.717) is 6.54 Å². The minimum absolute atomic E-state index is 0.232. The predicted molar refractivity (Wildman–Crippen MR) is 130 cm³/mol. The zero-order chi connectivity index (χ0) is 24.7. The van der Waals surface area contributed by atoms with Crippen molar-refractivity contribution < 1.29 is 28.6 Å². The second kappa shape index (κ2) is 9.14. The highest BCUT2D eigenvalue weighted by atomic mass is 32.2. The Kier molecular flexibility index (Phi) is 6.56. The van der Waals surface area contributed by atoms with E-state index in [4.69, 9.17) is 14.2 Å². The third-order valence-corrected chi connectivity index (χ3v) is 8.21. The molecule has 3 heterocycles. The van der Waals surface area contributed by atoms with Crippen molar-refractivity contribution in [1.29, 1.82) is 0 Å².